The molecule has 0 bridgehead atoms. The highest BCUT2D eigenvalue weighted by Gasteiger charge is 2.06. The third kappa shape index (κ3) is 2.61. The van der Waals surface area contributed by atoms with E-state index in [9.17, 15) is 0 Å². The van der Waals surface area contributed by atoms with Gasteiger partial charge in [-0.15, -0.1) is 11.3 Å². The number of nitrogens with two attached hydrogens (primary N) is 1. The van der Waals surface area contributed by atoms with Gasteiger partial charge in [0.15, 0.2) is 4.34 Å². The summed E-state index contributed by atoms with van der Waals surface area (Å²) in [6, 6.07) is 1.73. The first-order chi connectivity index (χ1) is 7.67. The smallest absolute Gasteiger partial charge is 0.224 e. The number of thiazole rings is 1. The molecule has 2 aromatic heterocycles. The van der Waals surface area contributed by atoms with Crippen LogP contribution in [0.1, 0.15) is 5.69 Å². The van der Waals surface area contributed by atoms with Crippen LogP contribution in [0.2, 0.25) is 0 Å². The number of methoxy groups -OCH3 is 1. The van der Waals surface area contributed by atoms with Gasteiger partial charge in [-0.25, -0.2) is 9.97 Å². The van der Waals surface area contributed by atoms with Crippen LogP contribution >= 0.6 is 23.1 Å². The molecule has 0 fully saturated rings. The Morgan fingerprint density at radius 2 is 2.19 bits per heavy atom. The number of nitrogen functional groups attached to an aromatic ring is 1. The Bertz CT molecular complexity index is 500. The molecule has 0 aliphatic rings. The molecule has 0 aliphatic carbocycles. The third-order valence-electron chi connectivity index (χ3n) is 1.70. The lowest BCUT2D eigenvalue weighted by molar-refractivity contribution is 0.396. The minimum absolute atomic E-state index is 0.204. The number of aryl methyl sites for hydroxylation is 1. The van der Waals surface area contributed by atoms with Gasteiger partial charge in [0.2, 0.25) is 11.8 Å². The van der Waals surface area contributed by atoms with Crippen LogP contribution in [0, 0.1) is 6.92 Å². The van der Waals surface area contributed by atoms with E-state index in [4.69, 9.17) is 10.5 Å². The molecule has 0 atom stereocenters. The predicted molar refractivity (Wildman–Crippen MR) is 64.0 cm³/mol. The van der Waals surface area contributed by atoms with E-state index in [2.05, 4.69) is 15.0 Å². The maximum Gasteiger partial charge on any atom is 0.224 e. The topological polar surface area (TPSA) is 73.9 Å². The highest BCUT2D eigenvalue weighted by Crippen LogP contribution is 2.30. The molecule has 2 N–H and O–H groups in total. The zero-order chi connectivity index (χ0) is 11.5. The number of nitrogens with zero attached hydrogens (tertiary/aromatic N) is 3. The van der Waals surface area contributed by atoms with Crippen molar-refractivity contribution < 1.29 is 4.74 Å². The maximum absolute atomic E-state index is 5.56. The van der Waals surface area contributed by atoms with Crippen LogP contribution in [-0.4, -0.2) is 22.1 Å². The van der Waals surface area contributed by atoms with E-state index in [1.54, 1.807) is 24.5 Å². The summed E-state index contributed by atoms with van der Waals surface area (Å²) < 4.78 is 5.95. The van der Waals surface area contributed by atoms with Crippen LogP contribution in [0.5, 0.6) is 5.88 Å². The van der Waals surface area contributed by atoms with Crippen molar-refractivity contribution in [2.24, 2.45) is 0 Å². The van der Waals surface area contributed by atoms with E-state index in [-0.39, 0.29) is 5.95 Å². The van der Waals surface area contributed by atoms with E-state index in [0.717, 1.165) is 15.1 Å². The van der Waals surface area contributed by atoms with Gasteiger partial charge in [-0.2, -0.15) is 4.98 Å². The Morgan fingerprint density at radius 1 is 1.38 bits per heavy atom. The fourth-order valence-corrected chi connectivity index (χ4v) is 2.83. The Kier molecular flexibility index (Phi) is 3.25. The summed E-state index contributed by atoms with van der Waals surface area (Å²) in [5.41, 5.74) is 6.56. The first-order valence-corrected chi connectivity index (χ1v) is 6.15. The first kappa shape index (κ1) is 11.2. The van der Waals surface area contributed by atoms with Crippen molar-refractivity contribution in [1.82, 2.24) is 15.0 Å². The molecule has 16 heavy (non-hydrogen) atoms. The Labute approximate surface area is 101 Å². The second kappa shape index (κ2) is 4.67. The van der Waals surface area contributed by atoms with E-state index >= 15 is 0 Å². The molecule has 2 heterocycles. The van der Waals surface area contributed by atoms with Crippen molar-refractivity contribution in [3.8, 4) is 5.88 Å². The van der Waals surface area contributed by atoms with Crippen LogP contribution in [0.25, 0.3) is 0 Å². The number of hydrogen-bond donors (Lipinski definition) is 1. The summed E-state index contributed by atoms with van der Waals surface area (Å²) >= 11 is 3.02. The van der Waals surface area contributed by atoms with Crippen molar-refractivity contribution in [2.75, 3.05) is 12.8 Å². The van der Waals surface area contributed by atoms with Gasteiger partial charge < -0.3 is 10.5 Å². The van der Waals surface area contributed by atoms with Gasteiger partial charge >= 0.3 is 0 Å². The molecule has 2 aromatic rings. The molecular formula is C9H10N4OS2. The lowest BCUT2D eigenvalue weighted by Crippen LogP contribution is -1.98. The van der Waals surface area contributed by atoms with Crippen LogP contribution in [0.4, 0.5) is 5.95 Å². The number of ether oxygens (including phenoxy) is 1. The largest absolute Gasteiger partial charge is 0.481 e. The Hall–Kier alpha value is -1.34. The Morgan fingerprint density at radius 3 is 2.81 bits per heavy atom. The van der Waals surface area contributed by atoms with E-state index in [1.165, 1.54) is 11.8 Å². The molecular weight excluding hydrogens is 244 g/mol. The van der Waals surface area contributed by atoms with Gasteiger partial charge in [-0.3, -0.25) is 0 Å². The molecule has 0 amide bonds. The molecule has 0 spiro atoms. The standard InChI is InChI=1S/C9H10N4OS2/c1-5-4-15-9(11-5)16-7-3-6(14-2)12-8(10)13-7/h3-4H,1-2H3,(H2,10,12,13). The second-order valence-corrected chi connectivity index (χ2v) is 5.09. The third-order valence-corrected chi connectivity index (χ3v) is 3.67. The van der Waals surface area contributed by atoms with Crippen LogP contribution in [0.15, 0.2) is 20.8 Å². The van der Waals surface area contributed by atoms with Gasteiger partial charge in [0.25, 0.3) is 0 Å². The monoisotopic (exact) mass is 254 g/mol. The molecule has 2 rings (SSSR count). The van der Waals surface area contributed by atoms with Crippen molar-refractivity contribution in [2.45, 2.75) is 16.3 Å². The molecule has 0 aliphatic heterocycles. The lowest BCUT2D eigenvalue weighted by Gasteiger charge is -2.02. The molecule has 0 aromatic carbocycles. The predicted octanol–water partition coefficient (Wildman–Crippen LogP) is 1.98. The number of hydrogen-bond acceptors (Lipinski definition) is 7. The zero-order valence-corrected chi connectivity index (χ0v) is 10.4. The van der Waals surface area contributed by atoms with Crippen molar-refractivity contribution in [1.29, 1.82) is 0 Å². The molecule has 5 nitrogen and oxygen atoms in total. The Balaban J connectivity index is 2.24. The fraction of sp³-hybridized carbons (Fsp3) is 0.222. The number of aromatic nitrogens is 3. The maximum atomic E-state index is 5.56. The molecule has 0 radical (unpaired) electrons. The summed E-state index contributed by atoms with van der Waals surface area (Å²) in [5.74, 6) is 0.665. The SMILES string of the molecule is COc1cc(Sc2nc(C)cs2)nc(N)n1. The summed E-state index contributed by atoms with van der Waals surface area (Å²) in [4.78, 5) is 12.3. The average molecular weight is 254 g/mol. The minimum Gasteiger partial charge on any atom is -0.481 e. The van der Waals surface area contributed by atoms with Crippen LogP contribution in [-0.2, 0) is 0 Å². The summed E-state index contributed by atoms with van der Waals surface area (Å²) in [5, 5.41) is 2.73. The van der Waals surface area contributed by atoms with Gasteiger partial charge in [0.05, 0.1) is 7.11 Å². The highest BCUT2D eigenvalue weighted by molar-refractivity contribution is 8.01. The summed E-state index contributed by atoms with van der Waals surface area (Å²) in [6.07, 6.45) is 0. The van der Waals surface area contributed by atoms with Gasteiger partial charge in [0.1, 0.15) is 5.03 Å². The second-order valence-electron chi connectivity index (χ2n) is 2.96. The fourth-order valence-electron chi connectivity index (χ4n) is 1.05. The number of anilines is 1. The molecule has 0 unspecified atom stereocenters. The number of rotatable bonds is 3. The minimum atomic E-state index is 0.204. The van der Waals surface area contributed by atoms with Crippen LogP contribution < -0.4 is 10.5 Å². The molecule has 0 saturated heterocycles. The quantitative estimate of drug-likeness (QED) is 0.844. The van der Waals surface area contributed by atoms with Gasteiger partial charge in [-0.05, 0) is 18.7 Å². The molecule has 0 saturated carbocycles. The molecule has 84 valence electrons. The van der Waals surface area contributed by atoms with Crippen LogP contribution in [0.3, 0.4) is 0 Å². The summed E-state index contributed by atoms with van der Waals surface area (Å²) in [6.45, 7) is 1.95. The first-order valence-electron chi connectivity index (χ1n) is 4.46. The van der Waals surface area contributed by atoms with E-state index in [0.29, 0.717) is 5.88 Å². The lowest BCUT2D eigenvalue weighted by atomic mass is 10.6. The average Bonchev–Trinajstić information content (AvgIpc) is 2.63. The molecule has 7 heteroatoms. The van der Waals surface area contributed by atoms with E-state index in [1.807, 2.05) is 12.3 Å². The highest BCUT2D eigenvalue weighted by atomic mass is 32.2. The normalized spacial score (nSPS) is 10.4. The van der Waals surface area contributed by atoms with Gasteiger partial charge in [-0.1, -0.05) is 0 Å². The van der Waals surface area contributed by atoms with E-state index < -0.39 is 0 Å². The van der Waals surface area contributed by atoms with Crippen molar-refractivity contribution in [3.05, 3.63) is 17.1 Å². The summed E-state index contributed by atoms with van der Waals surface area (Å²) in [7, 11) is 1.55. The zero-order valence-electron chi connectivity index (χ0n) is 8.80. The van der Waals surface area contributed by atoms with Gasteiger partial charge in [0, 0.05) is 17.1 Å². The van der Waals surface area contributed by atoms with Crippen molar-refractivity contribution in [3.63, 3.8) is 0 Å². The van der Waals surface area contributed by atoms with Crippen molar-refractivity contribution >= 4 is 29.0 Å².